The van der Waals surface area contributed by atoms with Gasteiger partial charge in [-0.15, -0.1) is 0 Å². The second-order valence-corrected chi connectivity index (χ2v) is 6.82. The predicted molar refractivity (Wildman–Crippen MR) is 114 cm³/mol. The minimum absolute atomic E-state index is 0.00338. The van der Waals surface area contributed by atoms with Crippen LogP contribution in [0.15, 0.2) is 54.6 Å². The van der Waals surface area contributed by atoms with Gasteiger partial charge in [0.25, 0.3) is 17.5 Å². The third-order valence-electron chi connectivity index (χ3n) is 4.03. The van der Waals surface area contributed by atoms with Crippen molar-refractivity contribution in [2.24, 2.45) is 0 Å². The monoisotopic (exact) mass is 444 g/mol. The number of rotatable bonds is 3. The van der Waals surface area contributed by atoms with Gasteiger partial charge in [-0.05, 0) is 47.3 Å². The summed E-state index contributed by atoms with van der Waals surface area (Å²) >= 11 is 10.7. The molecule has 0 aliphatic heterocycles. The number of nitrogens with one attached hydrogen (secondary N) is 3. The molecule has 0 saturated heterocycles. The minimum atomic E-state index is -0.741. The summed E-state index contributed by atoms with van der Waals surface area (Å²) in [4.78, 5) is 34.7. The molecule has 4 N–H and O–H groups in total. The minimum Gasteiger partial charge on any atom is -0.507 e. The van der Waals surface area contributed by atoms with Gasteiger partial charge in [0.2, 0.25) is 0 Å². The summed E-state index contributed by atoms with van der Waals surface area (Å²) in [5, 5.41) is 24.4. The van der Waals surface area contributed by atoms with E-state index in [2.05, 4.69) is 16.2 Å². The van der Waals surface area contributed by atoms with Crippen LogP contribution in [-0.4, -0.2) is 27.0 Å². The Balaban J connectivity index is 1.64. The van der Waals surface area contributed by atoms with Crippen LogP contribution in [0.1, 0.15) is 20.7 Å². The average molecular weight is 445 g/mol. The number of nitrogens with zero attached hydrogens (tertiary/aromatic N) is 1. The van der Waals surface area contributed by atoms with Gasteiger partial charge in [0.15, 0.2) is 5.11 Å². The SMILES string of the molecule is O=C(NC(=S)NNC(=O)c1cc2ccccc2cc1O)c1ccc(Cl)c([N+](=O)[O-])c1. The molecule has 9 nitrogen and oxygen atoms in total. The Morgan fingerprint density at radius 3 is 2.33 bits per heavy atom. The highest BCUT2D eigenvalue weighted by atomic mass is 35.5. The van der Waals surface area contributed by atoms with E-state index < -0.39 is 22.4 Å². The molecule has 11 heteroatoms. The van der Waals surface area contributed by atoms with E-state index in [1.165, 1.54) is 24.3 Å². The number of benzene rings is 3. The Bertz CT molecular complexity index is 1200. The van der Waals surface area contributed by atoms with Crippen LogP contribution in [-0.2, 0) is 0 Å². The zero-order valence-corrected chi connectivity index (χ0v) is 16.6. The van der Waals surface area contributed by atoms with Crippen LogP contribution in [0, 0.1) is 10.1 Å². The number of amides is 2. The number of nitro benzene ring substituents is 1. The first-order chi connectivity index (χ1) is 14.3. The highest BCUT2D eigenvalue weighted by Gasteiger charge is 2.17. The van der Waals surface area contributed by atoms with Crippen molar-refractivity contribution in [3.05, 3.63) is 80.9 Å². The summed E-state index contributed by atoms with van der Waals surface area (Å²) in [5.74, 6) is -1.65. The number of carbonyl (C=O) groups is 2. The van der Waals surface area contributed by atoms with Gasteiger partial charge in [-0.2, -0.15) is 0 Å². The van der Waals surface area contributed by atoms with E-state index in [9.17, 15) is 24.8 Å². The molecule has 0 bridgehead atoms. The molecule has 3 aromatic carbocycles. The van der Waals surface area contributed by atoms with Gasteiger partial charge in [0.05, 0.1) is 10.5 Å². The van der Waals surface area contributed by atoms with Crippen molar-refractivity contribution >= 4 is 57.2 Å². The summed E-state index contributed by atoms with van der Waals surface area (Å²) in [6.07, 6.45) is 0. The van der Waals surface area contributed by atoms with Crippen LogP contribution in [0.4, 0.5) is 5.69 Å². The molecule has 0 saturated carbocycles. The molecule has 152 valence electrons. The summed E-state index contributed by atoms with van der Waals surface area (Å²) < 4.78 is 0. The highest BCUT2D eigenvalue weighted by molar-refractivity contribution is 7.80. The van der Waals surface area contributed by atoms with E-state index in [1.807, 2.05) is 0 Å². The topological polar surface area (TPSA) is 134 Å². The number of hydrogen-bond donors (Lipinski definition) is 4. The normalized spacial score (nSPS) is 10.3. The molecule has 0 radical (unpaired) electrons. The van der Waals surface area contributed by atoms with Crippen molar-refractivity contribution in [3.63, 3.8) is 0 Å². The van der Waals surface area contributed by atoms with Gasteiger partial charge in [-0.3, -0.25) is 35.9 Å². The predicted octanol–water partition coefficient (Wildman–Crippen LogP) is 3.06. The van der Waals surface area contributed by atoms with Gasteiger partial charge >= 0.3 is 0 Å². The van der Waals surface area contributed by atoms with Crippen molar-refractivity contribution in [1.29, 1.82) is 0 Å². The first kappa shape index (κ1) is 21.0. The fourth-order valence-corrected chi connectivity index (χ4v) is 2.92. The van der Waals surface area contributed by atoms with E-state index in [4.69, 9.17) is 23.8 Å². The van der Waals surface area contributed by atoms with Crippen LogP contribution in [0.25, 0.3) is 10.8 Å². The average Bonchev–Trinajstić information content (AvgIpc) is 2.71. The molecular weight excluding hydrogens is 432 g/mol. The van der Waals surface area contributed by atoms with Crippen molar-refractivity contribution < 1.29 is 19.6 Å². The Morgan fingerprint density at radius 1 is 1.00 bits per heavy atom. The summed E-state index contributed by atoms with van der Waals surface area (Å²) in [6.45, 7) is 0. The molecule has 0 heterocycles. The zero-order valence-electron chi connectivity index (χ0n) is 15.0. The van der Waals surface area contributed by atoms with Crippen molar-refractivity contribution in [3.8, 4) is 5.75 Å². The van der Waals surface area contributed by atoms with Gasteiger partial charge in [-0.25, -0.2) is 0 Å². The number of hydrazine groups is 1. The number of nitro groups is 1. The lowest BCUT2D eigenvalue weighted by molar-refractivity contribution is -0.384. The highest BCUT2D eigenvalue weighted by Crippen LogP contribution is 2.25. The maximum absolute atomic E-state index is 12.3. The molecule has 2 amide bonds. The summed E-state index contributed by atoms with van der Waals surface area (Å²) in [7, 11) is 0. The molecule has 0 aliphatic carbocycles. The number of phenols is 1. The maximum atomic E-state index is 12.3. The van der Waals surface area contributed by atoms with E-state index in [0.717, 1.165) is 16.8 Å². The standard InChI is InChI=1S/C19H13ClN4O5S/c20-14-6-5-12(8-15(14)24(28)29)17(26)21-19(30)23-22-18(27)13-7-10-3-1-2-4-11(10)9-16(13)25/h1-9,25H,(H,22,27)(H2,21,23,26,30). The van der Waals surface area contributed by atoms with Gasteiger partial charge in [-0.1, -0.05) is 35.9 Å². The summed E-state index contributed by atoms with van der Waals surface area (Å²) in [6, 6.07) is 13.7. The van der Waals surface area contributed by atoms with E-state index in [1.54, 1.807) is 24.3 Å². The molecule has 3 aromatic rings. The molecule has 30 heavy (non-hydrogen) atoms. The Hall–Kier alpha value is -3.76. The quantitative estimate of drug-likeness (QED) is 0.277. The lowest BCUT2D eigenvalue weighted by Crippen LogP contribution is -2.48. The van der Waals surface area contributed by atoms with Gasteiger partial charge in [0, 0.05) is 11.6 Å². The molecule has 0 spiro atoms. The number of halogens is 1. The smallest absolute Gasteiger partial charge is 0.288 e. The third-order valence-corrected chi connectivity index (χ3v) is 4.55. The molecular formula is C19H13ClN4O5S. The third kappa shape index (κ3) is 4.62. The van der Waals surface area contributed by atoms with Crippen molar-refractivity contribution in [1.82, 2.24) is 16.2 Å². The molecule has 3 rings (SSSR count). The second-order valence-electron chi connectivity index (χ2n) is 6.00. The molecule has 0 aliphatic rings. The molecule has 0 atom stereocenters. The number of carbonyl (C=O) groups excluding carboxylic acids is 2. The number of aromatic hydroxyl groups is 1. The maximum Gasteiger partial charge on any atom is 0.288 e. The van der Waals surface area contributed by atoms with Crippen LogP contribution in [0.2, 0.25) is 5.02 Å². The Labute approximate surface area is 179 Å². The molecule has 0 unspecified atom stereocenters. The largest absolute Gasteiger partial charge is 0.507 e. The Kier molecular flexibility index (Phi) is 6.09. The van der Waals surface area contributed by atoms with Crippen LogP contribution < -0.4 is 16.2 Å². The number of thiocarbonyl (C=S) groups is 1. The first-order valence-electron chi connectivity index (χ1n) is 8.33. The van der Waals surface area contributed by atoms with E-state index in [0.29, 0.717) is 0 Å². The van der Waals surface area contributed by atoms with E-state index in [-0.39, 0.29) is 27.0 Å². The molecule has 0 aromatic heterocycles. The van der Waals surface area contributed by atoms with Crippen LogP contribution in [0.5, 0.6) is 5.75 Å². The number of phenolic OH excluding ortho intramolecular Hbond substituents is 1. The fraction of sp³-hybridized carbons (Fsp3) is 0. The molecule has 0 fully saturated rings. The van der Waals surface area contributed by atoms with E-state index >= 15 is 0 Å². The lowest BCUT2D eigenvalue weighted by Gasteiger charge is -2.12. The summed E-state index contributed by atoms with van der Waals surface area (Å²) in [5.41, 5.74) is 4.13. The zero-order chi connectivity index (χ0) is 21.8. The number of hydrogen-bond acceptors (Lipinski definition) is 6. The van der Waals surface area contributed by atoms with Crippen LogP contribution >= 0.6 is 23.8 Å². The lowest BCUT2D eigenvalue weighted by atomic mass is 10.1. The number of fused-ring (bicyclic) bond motifs is 1. The first-order valence-corrected chi connectivity index (χ1v) is 9.12. The van der Waals surface area contributed by atoms with Crippen molar-refractivity contribution in [2.45, 2.75) is 0 Å². The van der Waals surface area contributed by atoms with Crippen LogP contribution in [0.3, 0.4) is 0 Å². The second kappa shape index (κ2) is 8.72. The Morgan fingerprint density at radius 2 is 1.67 bits per heavy atom. The van der Waals surface area contributed by atoms with Gasteiger partial charge in [0.1, 0.15) is 10.8 Å². The van der Waals surface area contributed by atoms with Gasteiger partial charge < -0.3 is 5.11 Å². The van der Waals surface area contributed by atoms with Crippen molar-refractivity contribution in [2.75, 3.05) is 0 Å². The fourth-order valence-electron chi connectivity index (χ4n) is 2.59.